The Morgan fingerprint density at radius 1 is 1.04 bits per heavy atom. The van der Waals surface area contributed by atoms with Gasteiger partial charge in [0.05, 0.1) is 20.3 Å². The van der Waals surface area contributed by atoms with Crippen molar-refractivity contribution < 1.29 is 14.3 Å². The second-order valence-electron chi connectivity index (χ2n) is 6.46. The number of ether oxygens (including phenoxy) is 2. The summed E-state index contributed by atoms with van der Waals surface area (Å²) in [6.07, 6.45) is 0. The molecule has 0 aromatic heterocycles. The maximum absolute atomic E-state index is 12.6. The predicted molar refractivity (Wildman–Crippen MR) is 108 cm³/mol. The van der Waals surface area contributed by atoms with Crippen LogP contribution in [0.25, 0.3) is 0 Å². The van der Waals surface area contributed by atoms with Crippen LogP contribution in [0.15, 0.2) is 42.5 Å². The number of hydrogen-bond donors (Lipinski definition) is 1. The Labute approximate surface area is 162 Å². The van der Waals surface area contributed by atoms with Crippen LogP contribution in [0.1, 0.15) is 48.3 Å². The minimum absolute atomic E-state index is 0.109. The summed E-state index contributed by atoms with van der Waals surface area (Å²) in [6, 6.07) is 13.2. The van der Waals surface area contributed by atoms with Gasteiger partial charge >= 0.3 is 0 Å². The van der Waals surface area contributed by atoms with Gasteiger partial charge in [-0.3, -0.25) is 9.69 Å². The van der Waals surface area contributed by atoms with Crippen molar-refractivity contribution in [3.8, 4) is 11.5 Å². The van der Waals surface area contributed by atoms with Crippen molar-refractivity contribution >= 4 is 5.91 Å². The Hall–Kier alpha value is -2.53. The normalized spacial score (nSPS) is 11.9. The third kappa shape index (κ3) is 5.47. The van der Waals surface area contributed by atoms with Gasteiger partial charge < -0.3 is 14.8 Å². The van der Waals surface area contributed by atoms with Crippen LogP contribution in [0.3, 0.4) is 0 Å². The molecule has 5 heteroatoms. The van der Waals surface area contributed by atoms with Crippen molar-refractivity contribution in [1.82, 2.24) is 10.2 Å². The fourth-order valence-corrected chi connectivity index (χ4v) is 3.00. The quantitative estimate of drug-likeness (QED) is 0.724. The van der Waals surface area contributed by atoms with Crippen molar-refractivity contribution in [3.05, 3.63) is 59.2 Å². The molecule has 0 aliphatic heterocycles. The minimum Gasteiger partial charge on any atom is -0.497 e. The number of nitrogens with zero attached hydrogens (tertiary/aromatic N) is 1. The first kappa shape index (κ1) is 20.8. The van der Waals surface area contributed by atoms with Gasteiger partial charge in [-0.1, -0.05) is 26.0 Å². The first-order chi connectivity index (χ1) is 13.0. The predicted octanol–water partition coefficient (Wildman–Crippen LogP) is 4.04. The third-order valence-electron chi connectivity index (χ3n) is 4.77. The average molecular weight is 370 g/mol. The molecule has 1 unspecified atom stereocenters. The number of carbonyl (C=O) groups is 1. The summed E-state index contributed by atoms with van der Waals surface area (Å²) in [7, 11) is 3.24. The van der Waals surface area contributed by atoms with E-state index >= 15 is 0 Å². The van der Waals surface area contributed by atoms with E-state index in [1.807, 2.05) is 49.4 Å². The maximum atomic E-state index is 12.6. The molecule has 146 valence electrons. The number of nitrogens with one attached hydrogen (secondary N) is 1. The zero-order valence-electron chi connectivity index (χ0n) is 16.9. The van der Waals surface area contributed by atoms with Crippen molar-refractivity contribution in [3.63, 3.8) is 0 Å². The lowest BCUT2D eigenvalue weighted by molar-refractivity contribution is 0.0939. The Balaban J connectivity index is 2.08. The molecule has 0 radical (unpaired) electrons. The summed E-state index contributed by atoms with van der Waals surface area (Å²) >= 11 is 0. The van der Waals surface area contributed by atoms with Crippen LogP contribution in [-0.4, -0.2) is 38.1 Å². The molecule has 0 bridgehead atoms. The van der Waals surface area contributed by atoms with Crippen LogP contribution in [0, 0.1) is 0 Å². The molecule has 0 spiro atoms. The number of methoxy groups -OCH3 is 2. The first-order valence-electron chi connectivity index (χ1n) is 9.36. The largest absolute Gasteiger partial charge is 0.497 e. The smallest absolute Gasteiger partial charge is 0.251 e. The zero-order chi connectivity index (χ0) is 19.8. The van der Waals surface area contributed by atoms with Gasteiger partial charge in [0.2, 0.25) is 0 Å². The summed E-state index contributed by atoms with van der Waals surface area (Å²) in [5.41, 5.74) is 2.73. The van der Waals surface area contributed by atoms with Gasteiger partial charge in [-0.25, -0.2) is 0 Å². The zero-order valence-corrected chi connectivity index (χ0v) is 16.9. The standard InChI is InChI=1S/C22H30N2O3/c1-6-24(7-2)15-17-8-10-18(11-9-17)22(25)23-16(3)20-14-19(26-4)12-13-21(20)27-5/h8-14,16H,6-7,15H2,1-5H3,(H,23,25). The molecule has 2 aromatic rings. The van der Waals surface area contributed by atoms with Gasteiger partial charge in [0.1, 0.15) is 11.5 Å². The first-order valence-corrected chi connectivity index (χ1v) is 9.36. The molecule has 1 N–H and O–H groups in total. The highest BCUT2D eigenvalue weighted by molar-refractivity contribution is 5.94. The van der Waals surface area contributed by atoms with Gasteiger partial charge in [0.25, 0.3) is 5.91 Å². The van der Waals surface area contributed by atoms with Crippen LogP contribution < -0.4 is 14.8 Å². The second kappa shape index (κ2) is 9.97. The van der Waals surface area contributed by atoms with E-state index in [0.717, 1.165) is 36.7 Å². The molecule has 5 nitrogen and oxygen atoms in total. The highest BCUT2D eigenvalue weighted by atomic mass is 16.5. The van der Waals surface area contributed by atoms with E-state index < -0.39 is 0 Å². The van der Waals surface area contributed by atoms with Crippen LogP contribution in [0.5, 0.6) is 11.5 Å². The molecule has 0 heterocycles. The number of rotatable bonds is 9. The van der Waals surface area contributed by atoms with Gasteiger partial charge in [0.15, 0.2) is 0 Å². The molecular formula is C22H30N2O3. The Bertz CT molecular complexity index is 740. The molecule has 1 atom stereocenters. The van der Waals surface area contributed by atoms with Gasteiger partial charge in [-0.2, -0.15) is 0 Å². The molecule has 0 aliphatic carbocycles. The van der Waals surface area contributed by atoms with Crippen LogP contribution in [-0.2, 0) is 6.54 Å². The van der Waals surface area contributed by atoms with Gasteiger partial charge in [0, 0.05) is 17.7 Å². The lowest BCUT2D eigenvalue weighted by Gasteiger charge is -2.19. The monoisotopic (exact) mass is 370 g/mol. The summed E-state index contributed by atoms with van der Waals surface area (Å²) in [4.78, 5) is 15.0. The van der Waals surface area contributed by atoms with E-state index in [1.54, 1.807) is 14.2 Å². The van der Waals surface area contributed by atoms with E-state index in [9.17, 15) is 4.79 Å². The molecular weight excluding hydrogens is 340 g/mol. The van der Waals surface area contributed by atoms with E-state index in [2.05, 4.69) is 24.1 Å². The van der Waals surface area contributed by atoms with E-state index in [0.29, 0.717) is 5.56 Å². The van der Waals surface area contributed by atoms with Crippen molar-refractivity contribution in [2.45, 2.75) is 33.4 Å². The van der Waals surface area contributed by atoms with Crippen molar-refractivity contribution in [2.24, 2.45) is 0 Å². The fourth-order valence-electron chi connectivity index (χ4n) is 3.00. The molecule has 0 saturated carbocycles. The maximum Gasteiger partial charge on any atom is 0.251 e. The molecule has 27 heavy (non-hydrogen) atoms. The van der Waals surface area contributed by atoms with E-state index in [-0.39, 0.29) is 11.9 Å². The number of amides is 1. The number of benzene rings is 2. The summed E-state index contributed by atoms with van der Waals surface area (Å²) in [5, 5.41) is 3.04. The van der Waals surface area contributed by atoms with Gasteiger partial charge in [-0.05, 0) is 55.9 Å². The fraction of sp³-hybridized carbons (Fsp3) is 0.409. The SMILES string of the molecule is CCN(CC)Cc1ccc(C(=O)NC(C)c2cc(OC)ccc2OC)cc1. The molecule has 0 fully saturated rings. The molecule has 0 saturated heterocycles. The highest BCUT2D eigenvalue weighted by Crippen LogP contribution is 2.29. The third-order valence-corrected chi connectivity index (χ3v) is 4.77. The molecule has 2 aromatic carbocycles. The van der Waals surface area contributed by atoms with E-state index in [4.69, 9.17) is 9.47 Å². The highest BCUT2D eigenvalue weighted by Gasteiger charge is 2.16. The van der Waals surface area contributed by atoms with E-state index in [1.165, 1.54) is 5.56 Å². The van der Waals surface area contributed by atoms with Crippen LogP contribution in [0.2, 0.25) is 0 Å². The molecule has 2 rings (SSSR count). The Morgan fingerprint density at radius 3 is 2.26 bits per heavy atom. The van der Waals surface area contributed by atoms with Crippen LogP contribution >= 0.6 is 0 Å². The number of hydrogen-bond acceptors (Lipinski definition) is 4. The summed E-state index contributed by atoms with van der Waals surface area (Å²) in [6.45, 7) is 9.16. The molecule has 1 amide bonds. The Morgan fingerprint density at radius 2 is 1.70 bits per heavy atom. The van der Waals surface area contributed by atoms with Crippen molar-refractivity contribution in [2.75, 3.05) is 27.3 Å². The molecule has 0 aliphatic rings. The average Bonchev–Trinajstić information content (AvgIpc) is 2.71. The lowest BCUT2D eigenvalue weighted by atomic mass is 10.1. The summed E-state index contributed by atoms with van der Waals surface area (Å²) in [5.74, 6) is 1.34. The second-order valence-corrected chi connectivity index (χ2v) is 6.46. The van der Waals surface area contributed by atoms with Crippen LogP contribution in [0.4, 0.5) is 0 Å². The Kier molecular flexibility index (Phi) is 7.67. The minimum atomic E-state index is -0.210. The van der Waals surface area contributed by atoms with Crippen molar-refractivity contribution in [1.29, 1.82) is 0 Å². The van der Waals surface area contributed by atoms with Gasteiger partial charge in [-0.15, -0.1) is 0 Å². The lowest BCUT2D eigenvalue weighted by Crippen LogP contribution is -2.27. The topological polar surface area (TPSA) is 50.8 Å². The number of carbonyl (C=O) groups excluding carboxylic acids is 1. The summed E-state index contributed by atoms with van der Waals surface area (Å²) < 4.78 is 10.7.